The van der Waals surface area contributed by atoms with E-state index in [1.165, 1.54) is 12.1 Å². The molecule has 0 spiro atoms. The number of benzene rings is 1. The fourth-order valence-electron chi connectivity index (χ4n) is 2.45. The number of unbranched alkanes of at least 4 members (excludes halogenated alkanes) is 1. The van der Waals surface area contributed by atoms with E-state index < -0.39 is 22.0 Å². The Hall–Kier alpha value is -1.60. The van der Waals surface area contributed by atoms with Crippen molar-refractivity contribution in [3.8, 4) is 5.75 Å². The van der Waals surface area contributed by atoms with E-state index in [-0.39, 0.29) is 11.4 Å². The first-order valence-electron chi connectivity index (χ1n) is 7.44. The number of sulfonamides is 1. The highest BCUT2D eigenvalue weighted by Gasteiger charge is 2.39. The number of carboxylic acid groups (broad SMARTS) is 1. The second-order valence-electron chi connectivity index (χ2n) is 5.29. The standard InChI is InChI=1S/C15H21NO5S/c1-2-3-11-21-12-6-8-13(9-7-12)22(19,20)16-10-4-5-14(16)15(17)18/h6-9,14H,2-5,10-11H2,1H3,(H,17,18)/t14-/m0/s1. The van der Waals surface area contributed by atoms with Crippen LogP contribution in [0.25, 0.3) is 0 Å². The van der Waals surface area contributed by atoms with Gasteiger partial charge >= 0.3 is 5.97 Å². The third-order valence-corrected chi connectivity index (χ3v) is 5.61. The summed E-state index contributed by atoms with van der Waals surface area (Å²) in [4.78, 5) is 11.3. The van der Waals surface area contributed by atoms with Gasteiger partial charge in [-0.1, -0.05) is 13.3 Å². The Morgan fingerprint density at radius 1 is 1.36 bits per heavy atom. The average molecular weight is 327 g/mol. The summed E-state index contributed by atoms with van der Waals surface area (Å²) in [6.07, 6.45) is 2.88. The van der Waals surface area contributed by atoms with Crippen LogP contribution in [0.5, 0.6) is 5.75 Å². The number of ether oxygens (including phenoxy) is 1. The van der Waals surface area contributed by atoms with Crippen molar-refractivity contribution in [2.75, 3.05) is 13.2 Å². The van der Waals surface area contributed by atoms with Gasteiger partial charge in [-0.15, -0.1) is 0 Å². The SMILES string of the molecule is CCCCOc1ccc(S(=O)(=O)N2CCC[C@H]2C(=O)O)cc1. The normalized spacial score (nSPS) is 19.2. The van der Waals surface area contributed by atoms with Gasteiger partial charge in [0.2, 0.25) is 10.0 Å². The van der Waals surface area contributed by atoms with Gasteiger partial charge in [-0.05, 0) is 43.5 Å². The number of nitrogens with zero attached hydrogens (tertiary/aromatic N) is 1. The summed E-state index contributed by atoms with van der Waals surface area (Å²) in [7, 11) is -3.78. The van der Waals surface area contributed by atoms with Crippen LogP contribution in [-0.4, -0.2) is 43.0 Å². The molecule has 1 N–H and O–H groups in total. The first kappa shape index (κ1) is 16.8. The molecule has 22 heavy (non-hydrogen) atoms. The molecule has 0 radical (unpaired) electrons. The van der Waals surface area contributed by atoms with Gasteiger partial charge in [0.25, 0.3) is 0 Å². The highest BCUT2D eigenvalue weighted by Crippen LogP contribution is 2.27. The molecule has 1 aromatic carbocycles. The van der Waals surface area contributed by atoms with Crippen molar-refractivity contribution in [3.63, 3.8) is 0 Å². The van der Waals surface area contributed by atoms with Crippen LogP contribution in [0, 0.1) is 0 Å². The maximum Gasteiger partial charge on any atom is 0.322 e. The van der Waals surface area contributed by atoms with Gasteiger partial charge in [-0.2, -0.15) is 4.31 Å². The van der Waals surface area contributed by atoms with Crippen molar-refractivity contribution in [2.24, 2.45) is 0 Å². The van der Waals surface area contributed by atoms with Crippen molar-refractivity contribution in [1.82, 2.24) is 4.31 Å². The van der Waals surface area contributed by atoms with E-state index in [0.717, 1.165) is 17.1 Å². The molecule has 1 saturated heterocycles. The van der Waals surface area contributed by atoms with Gasteiger partial charge in [0, 0.05) is 6.54 Å². The van der Waals surface area contributed by atoms with Crippen LogP contribution in [0.4, 0.5) is 0 Å². The number of carboxylic acids is 1. The van der Waals surface area contributed by atoms with E-state index in [0.29, 0.717) is 25.2 Å². The number of aliphatic carboxylic acids is 1. The van der Waals surface area contributed by atoms with E-state index >= 15 is 0 Å². The molecule has 0 aromatic heterocycles. The van der Waals surface area contributed by atoms with E-state index in [2.05, 4.69) is 6.92 Å². The maximum absolute atomic E-state index is 12.5. The highest BCUT2D eigenvalue weighted by molar-refractivity contribution is 7.89. The number of hydrogen-bond donors (Lipinski definition) is 1. The third-order valence-electron chi connectivity index (χ3n) is 3.69. The largest absolute Gasteiger partial charge is 0.494 e. The monoisotopic (exact) mass is 327 g/mol. The number of rotatable bonds is 7. The Labute approximate surface area is 130 Å². The zero-order valence-corrected chi connectivity index (χ0v) is 13.4. The summed E-state index contributed by atoms with van der Waals surface area (Å²) in [5.74, 6) is -0.482. The van der Waals surface area contributed by atoms with E-state index in [1.807, 2.05) is 0 Å². The second-order valence-corrected chi connectivity index (χ2v) is 7.18. The molecule has 0 bridgehead atoms. The predicted molar refractivity (Wildman–Crippen MR) is 81.4 cm³/mol. The van der Waals surface area contributed by atoms with Gasteiger partial charge in [-0.25, -0.2) is 8.42 Å². The molecule has 1 aliphatic heterocycles. The van der Waals surface area contributed by atoms with Gasteiger partial charge in [-0.3, -0.25) is 4.79 Å². The molecule has 0 aliphatic carbocycles. The van der Waals surface area contributed by atoms with E-state index in [1.54, 1.807) is 12.1 Å². The van der Waals surface area contributed by atoms with Gasteiger partial charge in [0.15, 0.2) is 0 Å². The lowest BCUT2D eigenvalue weighted by atomic mass is 10.2. The summed E-state index contributed by atoms with van der Waals surface area (Å²) in [5, 5.41) is 9.13. The zero-order chi connectivity index (χ0) is 16.2. The van der Waals surface area contributed by atoms with Crippen molar-refractivity contribution >= 4 is 16.0 Å². The molecular weight excluding hydrogens is 306 g/mol. The summed E-state index contributed by atoms with van der Waals surface area (Å²) in [6, 6.07) is 5.18. The molecule has 1 aliphatic rings. The first-order chi connectivity index (χ1) is 10.5. The average Bonchev–Trinajstić information content (AvgIpc) is 2.98. The summed E-state index contributed by atoms with van der Waals surface area (Å²) < 4.78 is 31.7. The highest BCUT2D eigenvalue weighted by atomic mass is 32.2. The lowest BCUT2D eigenvalue weighted by Gasteiger charge is -2.21. The number of hydrogen-bond acceptors (Lipinski definition) is 4. The van der Waals surface area contributed by atoms with Gasteiger partial charge < -0.3 is 9.84 Å². The van der Waals surface area contributed by atoms with Crippen LogP contribution in [-0.2, 0) is 14.8 Å². The van der Waals surface area contributed by atoms with Crippen LogP contribution in [0.1, 0.15) is 32.6 Å². The molecule has 1 heterocycles. The summed E-state index contributed by atoms with van der Waals surface area (Å²) >= 11 is 0. The minimum Gasteiger partial charge on any atom is -0.494 e. The van der Waals surface area contributed by atoms with Crippen molar-refractivity contribution in [1.29, 1.82) is 0 Å². The molecule has 1 aromatic rings. The van der Waals surface area contributed by atoms with E-state index in [9.17, 15) is 13.2 Å². The topological polar surface area (TPSA) is 83.9 Å². The fourth-order valence-corrected chi connectivity index (χ4v) is 4.10. The Balaban J connectivity index is 2.14. The summed E-state index contributed by atoms with van der Waals surface area (Å²) in [6.45, 7) is 2.90. The number of carbonyl (C=O) groups is 1. The Morgan fingerprint density at radius 2 is 2.05 bits per heavy atom. The van der Waals surface area contributed by atoms with Crippen LogP contribution < -0.4 is 4.74 Å². The predicted octanol–water partition coefficient (Wildman–Crippen LogP) is 2.10. The maximum atomic E-state index is 12.5. The quantitative estimate of drug-likeness (QED) is 0.775. The first-order valence-corrected chi connectivity index (χ1v) is 8.88. The van der Waals surface area contributed by atoms with Crippen molar-refractivity contribution in [2.45, 2.75) is 43.5 Å². The minimum absolute atomic E-state index is 0.100. The molecule has 2 rings (SSSR count). The molecule has 0 unspecified atom stereocenters. The lowest BCUT2D eigenvalue weighted by molar-refractivity contribution is -0.140. The molecular formula is C15H21NO5S. The fraction of sp³-hybridized carbons (Fsp3) is 0.533. The van der Waals surface area contributed by atoms with Gasteiger partial charge in [0.05, 0.1) is 11.5 Å². The van der Waals surface area contributed by atoms with Crippen molar-refractivity contribution in [3.05, 3.63) is 24.3 Å². The van der Waals surface area contributed by atoms with Crippen LogP contribution >= 0.6 is 0 Å². The van der Waals surface area contributed by atoms with Crippen molar-refractivity contribution < 1.29 is 23.1 Å². The Bertz CT molecular complexity index is 611. The van der Waals surface area contributed by atoms with Crippen LogP contribution in [0.3, 0.4) is 0 Å². The Kier molecular flexibility index (Phi) is 5.42. The minimum atomic E-state index is -3.78. The second kappa shape index (κ2) is 7.11. The summed E-state index contributed by atoms with van der Waals surface area (Å²) in [5.41, 5.74) is 0. The smallest absolute Gasteiger partial charge is 0.322 e. The van der Waals surface area contributed by atoms with Crippen LogP contribution in [0.2, 0.25) is 0 Å². The lowest BCUT2D eigenvalue weighted by Crippen LogP contribution is -2.40. The molecule has 6 nitrogen and oxygen atoms in total. The molecule has 122 valence electrons. The molecule has 7 heteroatoms. The third kappa shape index (κ3) is 3.59. The molecule has 0 amide bonds. The zero-order valence-electron chi connectivity index (χ0n) is 12.6. The molecule has 1 fully saturated rings. The molecule has 1 atom stereocenters. The molecule has 0 saturated carbocycles. The van der Waals surface area contributed by atoms with Gasteiger partial charge in [0.1, 0.15) is 11.8 Å². The Morgan fingerprint density at radius 3 is 2.64 bits per heavy atom. The van der Waals surface area contributed by atoms with Crippen LogP contribution in [0.15, 0.2) is 29.2 Å². The van der Waals surface area contributed by atoms with E-state index in [4.69, 9.17) is 9.84 Å².